The Kier molecular flexibility index (Phi) is 6.57. The molecule has 2 rings (SSSR count). The summed E-state index contributed by atoms with van der Waals surface area (Å²) in [5.74, 6) is -0.156. The molecule has 0 saturated heterocycles. The van der Waals surface area contributed by atoms with Gasteiger partial charge in [0.25, 0.3) is 5.69 Å². The molecule has 1 atom stereocenters. The van der Waals surface area contributed by atoms with Crippen LogP contribution in [0.4, 0.5) is 17.1 Å². The van der Waals surface area contributed by atoms with Gasteiger partial charge in [-0.1, -0.05) is 19.1 Å². The SMILES string of the molecule is CC[C@@H](C(=O)Nc1cccc([N+](=O)[O-])c1)N(c1cccc(OC)c1)S(C)(=O)=O. The number of nitro groups is 1. The van der Waals surface area contributed by atoms with E-state index in [2.05, 4.69) is 5.32 Å². The molecule has 2 aromatic rings. The van der Waals surface area contributed by atoms with Crippen LogP contribution in [0, 0.1) is 10.1 Å². The second kappa shape index (κ2) is 8.70. The Morgan fingerprint density at radius 1 is 1.25 bits per heavy atom. The van der Waals surface area contributed by atoms with E-state index in [1.807, 2.05) is 0 Å². The van der Waals surface area contributed by atoms with Crippen molar-refractivity contribution in [3.63, 3.8) is 0 Å². The van der Waals surface area contributed by atoms with Crippen LogP contribution in [-0.4, -0.2) is 38.7 Å². The van der Waals surface area contributed by atoms with Crippen LogP contribution in [0.25, 0.3) is 0 Å². The lowest BCUT2D eigenvalue weighted by molar-refractivity contribution is -0.384. The largest absolute Gasteiger partial charge is 0.497 e. The lowest BCUT2D eigenvalue weighted by Crippen LogP contribution is -2.47. The van der Waals surface area contributed by atoms with E-state index in [1.165, 1.54) is 37.4 Å². The highest BCUT2D eigenvalue weighted by Gasteiger charge is 2.32. The fourth-order valence-corrected chi connectivity index (χ4v) is 3.93. The highest BCUT2D eigenvalue weighted by Crippen LogP contribution is 2.27. The third-order valence-corrected chi connectivity index (χ3v) is 5.14. The normalized spacial score (nSPS) is 12.1. The lowest BCUT2D eigenvalue weighted by Gasteiger charge is -2.30. The molecule has 1 amide bonds. The maximum Gasteiger partial charge on any atom is 0.271 e. The van der Waals surface area contributed by atoms with E-state index in [0.717, 1.165) is 10.6 Å². The van der Waals surface area contributed by atoms with E-state index < -0.39 is 26.9 Å². The zero-order valence-electron chi connectivity index (χ0n) is 15.7. The minimum absolute atomic E-state index is 0.182. The first-order valence-corrected chi connectivity index (χ1v) is 10.2. The number of carbonyl (C=O) groups excluding carboxylic acids is 1. The van der Waals surface area contributed by atoms with Gasteiger partial charge < -0.3 is 10.1 Å². The van der Waals surface area contributed by atoms with Crippen molar-refractivity contribution in [3.05, 3.63) is 58.6 Å². The van der Waals surface area contributed by atoms with E-state index in [-0.39, 0.29) is 23.5 Å². The second-order valence-electron chi connectivity index (χ2n) is 5.98. The molecule has 0 radical (unpaired) electrons. The van der Waals surface area contributed by atoms with Crippen LogP contribution in [0.2, 0.25) is 0 Å². The van der Waals surface area contributed by atoms with Crippen molar-refractivity contribution in [2.24, 2.45) is 0 Å². The number of nitrogens with zero attached hydrogens (tertiary/aromatic N) is 2. The molecule has 28 heavy (non-hydrogen) atoms. The van der Waals surface area contributed by atoms with Crippen molar-refractivity contribution in [2.45, 2.75) is 19.4 Å². The quantitative estimate of drug-likeness (QED) is 0.531. The van der Waals surface area contributed by atoms with Gasteiger partial charge >= 0.3 is 0 Å². The fourth-order valence-electron chi connectivity index (χ4n) is 2.73. The van der Waals surface area contributed by atoms with Gasteiger partial charge in [-0.15, -0.1) is 0 Å². The van der Waals surface area contributed by atoms with E-state index in [9.17, 15) is 23.3 Å². The van der Waals surface area contributed by atoms with Gasteiger partial charge in [0.2, 0.25) is 15.9 Å². The number of hydrogen-bond donors (Lipinski definition) is 1. The Morgan fingerprint density at radius 3 is 2.50 bits per heavy atom. The highest BCUT2D eigenvalue weighted by molar-refractivity contribution is 7.92. The molecule has 0 fully saturated rings. The zero-order chi connectivity index (χ0) is 20.9. The molecule has 10 heteroatoms. The topological polar surface area (TPSA) is 119 Å². The number of nitrogens with one attached hydrogen (secondary N) is 1. The summed E-state index contributed by atoms with van der Waals surface area (Å²) in [5.41, 5.74) is 0.304. The first kappa shape index (κ1) is 21.2. The maximum absolute atomic E-state index is 12.8. The Labute approximate surface area is 163 Å². The van der Waals surface area contributed by atoms with Crippen LogP contribution in [0.3, 0.4) is 0 Å². The number of non-ortho nitro benzene ring substituents is 1. The molecule has 2 aromatic carbocycles. The summed E-state index contributed by atoms with van der Waals surface area (Å²) < 4.78 is 31.0. The van der Waals surface area contributed by atoms with Crippen molar-refractivity contribution in [3.8, 4) is 5.75 Å². The molecule has 0 spiro atoms. The molecular weight excluding hydrogens is 386 g/mol. The molecule has 0 bridgehead atoms. The molecule has 0 aliphatic heterocycles. The van der Waals surface area contributed by atoms with Crippen molar-refractivity contribution in [1.82, 2.24) is 0 Å². The Morgan fingerprint density at radius 2 is 1.93 bits per heavy atom. The number of nitro benzene ring substituents is 1. The summed E-state index contributed by atoms with van der Waals surface area (Å²) in [6, 6.07) is 10.7. The molecule has 1 N–H and O–H groups in total. The molecule has 150 valence electrons. The van der Waals surface area contributed by atoms with Crippen molar-refractivity contribution < 1.29 is 22.9 Å². The maximum atomic E-state index is 12.8. The molecule has 0 aliphatic carbocycles. The number of anilines is 2. The van der Waals surface area contributed by atoms with Crippen LogP contribution in [-0.2, 0) is 14.8 Å². The van der Waals surface area contributed by atoms with Gasteiger partial charge in [-0.2, -0.15) is 0 Å². The summed E-state index contributed by atoms with van der Waals surface area (Å²) in [5, 5.41) is 13.5. The van der Waals surface area contributed by atoms with Crippen LogP contribution >= 0.6 is 0 Å². The summed E-state index contributed by atoms with van der Waals surface area (Å²) in [7, 11) is -2.35. The predicted molar refractivity (Wildman–Crippen MR) is 106 cm³/mol. The predicted octanol–water partition coefficient (Wildman–Crippen LogP) is 2.79. The molecule has 0 aromatic heterocycles. The molecular formula is C18H21N3O6S. The third kappa shape index (κ3) is 4.97. The smallest absolute Gasteiger partial charge is 0.271 e. The number of methoxy groups -OCH3 is 1. The van der Waals surface area contributed by atoms with Gasteiger partial charge in [-0.3, -0.25) is 19.2 Å². The number of ether oxygens (including phenoxy) is 1. The summed E-state index contributed by atoms with van der Waals surface area (Å²) in [6.07, 6.45) is 1.20. The molecule has 0 heterocycles. The minimum atomic E-state index is -3.80. The summed E-state index contributed by atoms with van der Waals surface area (Å²) in [4.78, 5) is 23.2. The number of hydrogen-bond acceptors (Lipinski definition) is 6. The van der Waals surface area contributed by atoms with Crippen molar-refractivity contribution in [1.29, 1.82) is 0 Å². The Balaban J connectivity index is 2.39. The zero-order valence-corrected chi connectivity index (χ0v) is 16.5. The van der Waals surface area contributed by atoms with Crippen LogP contribution in [0.5, 0.6) is 5.75 Å². The first-order valence-electron chi connectivity index (χ1n) is 8.36. The Hall–Kier alpha value is -3.14. The van der Waals surface area contributed by atoms with Gasteiger partial charge in [0.05, 0.1) is 24.0 Å². The summed E-state index contributed by atoms with van der Waals surface area (Å²) in [6.45, 7) is 1.68. The van der Waals surface area contributed by atoms with Gasteiger partial charge in [-0.05, 0) is 24.6 Å². The van der Waals surface area contributed by atoms with Gasteiger partial charge in [-0.25, -0.2) is 8.42 Å². The number of amides is 1. The molecule has 0 aliphatic rings. The van der Waals surface area contributed by atoms with Crippen LogP contribution in [0.15, 0.2) is 48.5 Å². The third-order valence-electron chi connectivity index (χ3n) is 3.96. The molecule has 9 nitrogen and oxygen atoms in total. The van der Waals surface area contributed by atoms with Gasteiger partial charge in [0.15, 0.2) is 0 Å². The van der Waals surface area contributed by atoms with E-state index in [1.54, 1.807) is 25.1 Å². The second-order valence-corrected chi connectivity index (χ2v) is 7.84. The highest BCUT2D eigenvalue weighted by atomic mass is 32.2. The van der Waals surface area contributed by atoms with E-state index in [4.69, 9.17) is 4.74 Å². The molecule has 0 saturated carbocycles. The standard InChI is InChI=1S/C18H21N3O6S/c1-4-17(18(22)19-13-7-5-9-15(11-13)21(23)24)20(28(3,25)26)14-8-6-10-16(12-14)27-2/h5-12,17H,4H2,1-3H3,(H,19,22)/t17-/m0/s1. The average molecular weight is 407 g/mol. The fraction of sp³-hybridized carbons (Fsp3) is 0.278. The minimum Gasteiger partial charge on any atom is -0.497 e. The van der Waals surface area contributed by atoms with Gasteiger partial charge in [0, 0.05) is 23.9 Å². The van der Waals surface area contributed by atoms with E-state index in [0.29, 0.717) is 5.75 Å². The van der Waals surface area contributed by atoms with Crippen LogP contribution < -0.4 is 14.4 Å². The van der Waals surface area contributed by atoms with Crippen LogP contribution in [0.1, 0.15) is 13.3 Å². The first-order chi connectivity index (χ1) is 13.2. The van der Waals surface area contributed by atoms with Crippen molar-refractivity contribution >= 4 is 33.0 Å². The Bertz CT molecular complexity index is 977. The lowest BCUT2D eigenvalue weighted by atomic mass is 10.1. The van der Waals surface area contributed by atoms with E-state index >= 15 is 0 Å². The number of carbonyl (C=O) groups is 1. The monoisotopic (exact) mass is 407 g/mol. The average Bonchev–Trinajstić information content (AvgIpc) is 2.65. The number of sulfonamides is 1. The number of benzene rings is 2. The van der Waals surface area contributed by atoms with Crippen molar-refractivity contribution in [2.75, 3.05) is 23.0 Å². The number of rotatable bonds is 8. The van der Waals surface area contributed by atoms with Gasteiger partial charge in [0.1, 0.15) is 11.8 Å². The molecule has 0 unspecified atom stereocenters. The summed E-state index contributed by atoms with van der Waals surface area (Å²) >= 11 is 0.